The van der Waals surface area contributed by atoms with Gasteiger partial charge in [-0.3, -0.25) is 0 Å². The molecule has 0 unspecified atom stereocenters. The lowest BCUT2D eigenvalue weighted by atomic mass is 10.1. The van der Waals surface area contributed by atoms with Crippen molar-refractivity contribution in [2.75, 3.05) is 0 Å². The summed E-state index contributed by atoms with van der Waals surface area (Å²) in [5.74, 6) is -0.0544. The first-order valence-corrected chi connectivity index (χ1v) is 3.74. The molecule has 0 aliphatic rings. The highest BCUT2D eigenvalue weighted by atomic mass is 19.1. The molecule has 0 saturated carbocycles. The Hall–Kier alpha value is -0.920. The van der Waals surface area contributed by atoms with Gasteiger partial charge in [-0.25, -0.2) is 4.98 Å². The summed E-state index contributed by atoms with van der Waals surface area (Å²) in [6.07, 6.45) is 0. The van der Waals surface area contributed by atoms with Crippen molar-refractivity contribution < 1.29 is 4.39 Å². The van der Waals surface area contributed by atoms with Gasteiger partial charge in [0, 0.05) is 11.3 Å². The second kappa shape index (κ2) is 2.99. The number of halogens is 1. The van der Waals surface area contributed by atoms with Crippen LogP contribution in [-0.2, 0) is 0 Å². The van der Waals surface area contributed by atoms with Gasteiger partial charge in [-0.05, 0) is 18.9 Å². The molecular weight excluding hydrogens is 141 g/mol. The maximum atomic E-state index is 12.8. The van der Waals surface area contributed by atoms with Crippen LogP contribution in [0.1, 0.15) is 31.0 Å². The largest absolute Gasteiger partial charge is 0.224 e. The zero-order valence-corrected chi connectivity index (χ0v) is 7.06. The average Bonchev–Trinajstić information content (AvgIpc) is 1.94. The predicted molar refractivity (Wildman–Crippen MR) is 43.0 cm³/mol. The summed E-state index contributed by atoms with van der Waals surface area (Å²) in [7, 11) is 0. The number of rotatable bonds is 1. The highest BCUT2D eigenvalue weighted by Crippen LogP contribution is 2.12. The molecule has 0 aromatic carbocycles. The van der Waals surface area contributed by atoms with Crippen LogP contribution in [0.5, 0.6) is 0 Å². The summed E-state index contributed by atoms with van der Waals surface area (Å²) in [5.41, 5.74) is 1.42. The molecule has 1 nitrogen and oxygen atoms in total. The van der Waals surface area contributed by atoms with Crippen LogP contribution in [0.4, 0.5) is 4.39 Å². The van der Waals surface area contributed by atoms with Crippen molar-refractivity contribution in [3.63, 3.8) is 0 Å². The average molecular weight is 153 g/mol. The fraction of sp³-hybridized carbons (Fsp3) is 0.444. The molecule has 0 spiro atoms. The molecule has 0 aliphatic heterocycles. The molecule has 1 aromatic rings. The summed E-state index contributed by atoms with van der Waals surface area (Å²) < 4.78 is 12.8. The van der Waals surface area contributed by atoms with Gasteiger partial charge in [-0.15, -0.1) is 0 Å². The van der Waals surface area contributed by atoms with E-state index in [1.807, 2.05) is 19.9 Å². The maximum Gasteiger partial charge on any atom is 0.216 e. The van der Waals surface area contributed by atoms with E-state index in [4.69, 9.17) is 0 Å². The van der Waals surface area contributed by atoms with Gasteiger partial charge in [0.2, 0.25) is 5.95 Å². The Bertz CT molecular complexity index is 256. The van der Waals surface area contributed by atoms with Gasteiger partial charge in [0.05, 0.1) is 0 Å². The number of aryl methyl sites for hydroxylation is 1. The van der Waals surface area contributed by atoms with Gasteiger partial charge in [-0.2, -0.15) is 4.39 Å². The molecule has 1 heterocycles. The molecule has 0 radical (unpaired) electrons. The molecule has 0 bridgehead atoms. The summed E-state index contributed by atoms with van der Waals surface area (Å²) in [6, 6.07) is 3.63. The fourth-order valence-electron chi connectivity index (χ4n) is 0.839. The number of aromatic nitrogens is 1. The first-order chi connectivity index (χ1) is 5.11. The van der Waals surface area contributed by atoms with Crippen molar-refractivity contribution in [2.24, 2.45) is 0 Å². The van der Waals surface area contributed by atoms with Crippen molar-refractivity contribution in [2.45, 2.75) is 26.7 Å². The molecule has 0 atom stereocenters. The minimum absolute atomic E-state index is 0.296. The third-order valence-corrected chi connectivity index (χ3v) is 1.65. The topological polar surface area (TPSA) is 12.9 Å². The van der Waals surface area contributed by atoms with Crippen molar-refractivity contribution in [3.8, 4) is 0 Å². The second-order valence-electron chi connectivity index (χ2n) is 3.00. The number of pyridine rings is 1. The molecule has 0 N–H and O–H groups in total. The zero-order valence-electron chi connectivity index (χ0n) is 7.06. The molecule has 0 amide bonds. The first-order valence-electron chi connectivity index (χ1n) is 3.74. The summed E-state index contributed by atoms with van der Waals surface area (Å²) in [4.78, 5) is 3.81. The van der Waals surface area contributed by atoms with Gasteiger partial charge in [0.15, 0.2) is 0 Å². The molecule has 2 heteroatoms. The molecule has 60 valence electrons. The van der Waals surface area contributed by atoms with Gasteiger partial charge in [0.1, 0.15) is 0 Å². The van der Waals surface area contributed by atoms with Crippen LogP contribution in [0, 0.1) is 12.9 Å². The molecule has 0 aliphatic carbocycles. The van der Waals surface area contributed by atoms with Crippen LogP contribution in [-0.4, -0.2) is 4.98 Å². The van der Waals surface area contributed by atoms with E-state index in [0.29, 0.717) is 11.5 Å². The Labute approximate surface area is 66.3 Å². The van der Waals surface area contributed by atoms with Crippen LogP contribution in [0.2, 0.25) is 0 Å². The Morgan fingerprint density at radius 1 is 1.36 bits per heavy atom. The van der Waals surface area contributed by atoms with E-state index in [2.05, 4.69) is 4.98 Å². The first kappa shape index (κ1) is 8.18. The predicted octanol–water partition coefficient (Wildman–Crippen LogP) is 2.65. The van der Waals surface area contributed by atoms with Crippen molar-refractivity contribution >= 4 is 0 Å². The normalized spacial score (nSPS) is 10.6. The van der Waals surface area contributed by atoms with Crippen LogP contribution in [0.25, 0.3) is 0 Å². The molecule has 0 fully saturated rings. The third-order valence-electron chi connectivity index (χ3n) is 1.65. The van der Waals surface area contributed by atoms with E-state index in [9.17, 15) is 4.39 Å². The van der Waals surface area contributed by atoms with Crippen LogP contribution in [0.15, 0.2) is 12.1 Å². The number of hydrogen-bond acceptors (Lipinski definition) is 1. The molecule has 11 heavy (non-hydrogen) atoms. The number of nitrogens with zero attached hydrogens (tertiary/aromatic N) is 1. The van der Waals surface area contributed by atoms with E-state index in [1.54, 1.807) is 13.0 Å². The van der Waals surface area contributed by atoms with E-state index in [0.717, 1.165) is 5.69 Å². The highest BCUT2D eigenvalue weighted by Gasteiger charge is 2.03. The summed E-state index contributed by atoms with van der Waals surface area (Å²) in [5, 5.41) is 0. The highest BCUT2D eigenvalue weighted by molar-refractivity contribution is 5.15. The van der Waals surface area contributed by atoms with Crippen LogP contribution < -0.4 is 0 Å². The smallest absolute Gasteiger partial charge is 0.216 e. The molecule has 1 rings (SSSR count). The molecule has 1 aromatic heterocycles. The van der Waals surface area contributed by atoms with Gasteiger partial charge in [-0.1, -0.05) is 19.9 Å². The van der Waals surface area contributed by atoms with E-state index >= 15 is 0 Å². The van der Waals surface area contributed by atoms with E-state index in [-0.39, 0.29) is 5.95 Å². The summed E-state index contributed by atoms with van der Waals surface area (Å²) in [6.45, 7) is 5.71. The van der Waals surface area contributed by atoms with E-state index in [1.165, 1.54) is 0 Å². The van der Waals surface area contributed by atoms with Gasteiger partial charge >= 0.3 is 0 Å². The summed E-state index contributed by atoms with van der Waals surface area (Å²) >= 11 is 0. The lowest BCUT2D eigenvalue weighted by Crippen LogP contribution is -1.96. The Morgan fingerprint density at radius 3 is 2.45 bits per heavy atom. The second-order valence-corrected chi connectivity index (χ2v) is 3.00. The van der Waals surface area contributed by atoms with Gasteiger partial charge in [0.25, 0.3) is 0 Å². The standard InChI is InChI=1S/C9H12FN/c1-6(2)8-5-4-7(3)9(10)11-8/h4-6H,1-3H3. The fourth-order valence-corrected chi connectivity index (χ4v) is 0.839. The molecular formula is C9H12FN. The van der Waals surface area contributed by atoms with Gasteiger partial charge < -0.3 is 0 Å². The Morgan fingerprint density at radius 2 is 2.00 bits per heavy atom. The van der Waals surface area contributed by atoms with Crippen molar-refractivity contribution in [1.82, 2.24) is 4.98 Å². The third kappa shape index (κ3) is 1.76. The Balaban J connectivity index is 3.05. The zero-order chi connectivity index (χ0) is 8.43. The van der Waals surface area contributed by atoms with Crippen LogP contribution >= 0.6 is 0 Å². The monoisotopic (exact) mass is 153 g/mol. The minimum atomic E-state index is -0.351. The minimum Gasteiger partial charge on any atom is -0.224 e. The molecule has 0 saturated heterocycles. The number of hydrogen-bond donors (Lipinski definition) is 0. The van der Waals surface area contributed by atoms with Crippen molar-refractivity contribution in [3.05, 3.63) is 29.3 Å². The van der Waals surface area contributed by atoms with Crippen molar-refractivity contribution in [1.29, 1.82) is 0 Å². The lowest BCUT2D eigenvalue weighted by molar-refractivity contribution is 0.562. The quantitative estimate of drug-likeness (QED) is 0.565. The SMILES string of the molecule is Cc1ccc(C(C)C)nc1F. The van der Waals surface area contributed by atoms with E-state index < -0.39 is 0 Å². The Kier molecular flexibility index (Phi) is 2.22. The lowest BCUT2D eigenvalue weighted by Gasteiger charge is -2.04. The maximum absolute atomic E-state index is 12.8. The van der Waals surface area contributed by atoms with Crippen LogP contribution in [0.3, 0.4) is 0 Å².